The molecule has 2 heterocycles. The highest BCUT2D eigenvalue weighted by atomic mass is 16.3. The monoisotopic (exact) mass is 702 g/mol. The van der Waals surface area contributed by atoms with E-state index in [1.807, 2.05) is 84.9 Å². The number of phenols is 1. The zero-order valence-corrected chi connectivity index (χ0v) is 29.5. The van der Waals surface area contributed by atoms with Crippen molar-refractivity contribution >= 4 is 29.0 Å². The number of ketones is 2. The molecule has 4 aromatic carbocycles. The number of amides is 2. The van der Waals surface area contributed by atoms with Gasteiger partial charge in [-0.3, -0.25) is 29.0 Å². The van der Waals surface area contributed by atoms with Crippen molar-refractivity contribution in [2.75, 3.05) is 13.1 Å². The third-order valence-electron chi connectivity index (χ3n) is 12.8. The second kappa shape index (κ2) is 13.2. The summed E-state index contributed by atoms with van der Waals surface area (Å²) in [5.41, 5.74) is 3.35. The molecule has 0 spiro atoms. The predicted octanol–water partition coefficient (Wildman–Crippen LogP) is 6.88. The molecule has 1 saturated carbocycles. The fraction of sp³-hybridized carbons (Fsp3) is 0.304. The van der Waals surface area contributed by atoms with E-state index in [2.05, 4.69) is 23.1 Å². The minimum absolute atomic E-state index is 0.0608. The molecule has 5 aliphatic rings. The van der Waals surface area contributed by atoms with Crippen molar-refractivity contribution in [3.63, 3.8) is 0 Å². The van der Waals surface area contributed by atoms with Crippen LogP contribution in [0, 0.1) is 23.7 Å². The average molecular weight is 703 g/mol. The standard InChI is InChI=1S/C46H42N2O5/c49-34-18-10-15-31(25-34)42-35-19-20-36-41(45(53)48(44(36)52)33-21-23-47(24-22-33)28-29-11-4-1-5-12-29)38(35)26-39-43(51)37(30-13-6-2-7-14-30)27-40(50)46(39,42)32-16-8-3-9-17-32/h1-19,25,27,33,36,38-39,41-42,49H,20-24,26,28H2/t36-,38+,39-,41-,42-,46-/m0/s1. The van der Waals surface area contributed by atoms with Crippen LogP contribution in [0.1, 0.15) is 53.9 Å². The van der Waals surface area contributed by atoms with Gasteiger partial charge in [0.1, 0.15) is 5.75 Å². The van der Waals surface area contributed by atoms with Crippen molar-refractivity contribution < 1.29 is 24.3 Å². The molecule has 2 amide bonds. The molecule has 9 rings (SSSR count). The molecule has 6 atom stereocenters. The van der Waals surface area contributed by atoms with Crippen LogP contribution in [0.5, 0.6) is 5.75 Å². The van der Waals surface area contributed by atoms with Crippen molar-refractivity contribution in [3.05, 3.63) is 155 Å². The van der Waals surface area contributed by atoms with Crippen molar-refractivity contribution in [2.24, 2.45) is 23.7 Å². The maximum Gasteiger partial charge on any atom is 0.233 e. The minimum Gasteiger partial charge on any atom is -0.508 e. The van der Waals surface area contributed by atoms with Crippen molar-refractivity contribution in [1.29, 1.82) is 0 Å². The first-order chi connectivity index (χ1) is 25.9. The van der Waals surface area contributed by atoms with Gasteiger partial charge in [0.05, 0.1) is 17.3 Å². The Hall–Kier alpha value is -5.40. The molecule has 53 heavy (non-hydrogen) atoms. The predicted molar refractivity (Wildman–Crippen MR) is 201 cm³/mol. The summed E-state index contributed by atoms with van der Waals surface area (Å²) < 4.78 is 0. The van der Waals surface area contributed by atoms with Gasteiger partial charge in [-0.2, -0.15) is 0 Å². The maximum atomic E-state index is 15.1. The van der Waals surface area contributed by atoms with Crippen LogP contribution in [0.15, 0.2) is 133 Å². The number of hydrogen-bond donors (Lipinski definition) is 1. The Morgan fingerprint density at radius 3 is 2.11 bits per heavy atom. The quantitative estimate of drug-likeness (QED) is 0.174. The lowest BCUT2D eigenvalue weighted by Crippen LogP contribution is -2.58. The number of piperidine rings is 1. The summed E-state index contributed by atoms with van der Waals surface area (Å²) in [6.07, 6.45) is 5.72. The molecule has 0 aromatic heterocycles. The molecule has 0 radical (unpaired) electrons. The highest BCUT2D eigenvalue weighted by molar-refractivity contribution is 6.31. The minimum atomic E-state index is -1.31. The molecule has 7 nitrogen and oxygen atoms in total. The lowest BCUT2D eigenvalue weighted by atomic mass is 9.44. The Balaban J connectivity index is 1.12. The van der Waals surface area contributed by atoms with Crippen LogP contribution in [0.4, 0.5) is 0 Å². The second-order valence-corrected chi connectivity index (χ2v) is 15.4. The Bertz CT molecular complexity index is 2150. The fourth-order valence-electron chi connectivity index (χ4n) is 10.5. The molecule has 3 fully saturated rings. The summed E-state index contributed by atoms with van der Waals surface area (Å²) in [4.78, 5) is 63.2. The molecule has 2 saturated heterocycles. The molecule has 7 heteroatoms. The number of imide groups is 1. The number of Topliss-reactive ketones (excluding diaryl/α,β-unsaturated/α-hetero) is 1. The SMILES string of the molecule is O=C1C(c2ccccc2)=CC(=O)[C@@]2(c3ccccc3)[C@@H](c3cccc(O)c3)C3=CC[C@@H]4C(=O)N(C5CCN(Cc6ccccc6)CC5)C(=O)[C@@H]4[C@@H]3C[C@@H]12. The Kier molecular flexibility index (Phi) is 8.34. The molecule has 3 aliphatic carbocycles. The number of carbonyl (C=O) groups is 4. The molecule has 4 aromatic rings. The van der Waals surface area contributed by atoms with Gasteiger partial charge in [-0.25, -0.2) is 0 Å². The van der Waals surface area contributed by atoms with Crippen LogP contribution in [0.25, 0.3) is 5.57 Å². The van der Waals surface area contributed by atoms with Gasteiger partial charge in [-0.15, -0.1) is 0 Å². The van der Waals surface area contributed by atoms with Crippen LogP contribution in [0.2, 0.25) is 0 Å². The van der Waals surface area contributed by atoms with E-state index < -0.39 is 35.0 Å². The van der Waals surface area contributed by atoms with Gasteiger partial charge in [0.2, 0.25) is 11.8 Å². The number of likely N-dealkylation sites (tertiary alicyclic amines) is 2. The Morgan fingerprint density at radius 1 is 0.736 bits per heavy atom. The fourth-order valence-corrected chi connectivity index (χ4v) is 10.5. The van der Waals surface area contributed by atoms with Crippen molar-refractivity contribution in [2.45, 2.75) is 49.6 Å². The lowest BCUT2D eigenvalue weighted by molar-refractivity contribution is -0.144. The van der Waals surface area contributed by atoms with Gasteiger partial charge < -0.3 is 5.11 Å². The number of aromatic hydroxyl groups is 1. The molecule has 0 bridgehead atoms. The third-order valence-corrected chi connectivity index (χ3v) is 12.8. The summed E-state index contributed by atoms with van der Waals surface area (Å²) >= 11 is 0. The first kappa shape index (κ1) is 33.4. The van der Waals surface area contributed by atoms with E-state index in [4.69, 9.17) is 0 Å². The zero-order valence-electron chi connectivity index (χ0n) is 29.5. The largest absolute Gasteiger partial charge is 0.508 e. The van der Waals surface area contributed by atoms with E-state index in [0.29, 0.717) is 23.1 Å². The number of hydrogen-bond acceptors (Lipinski definition) is 6. The average Bonchev–Trinajstić information content (AvgIpc) is 3.45. The maximum absolute atomic E-state index is 15.1. The van der Waals surface area contributed by atoms with E-state index in [0.717, 1.165) is 43.6 Å². The third kappa shape index (κ3) is 5.35. The van der Waals surface area contributed by atoms with Gasteiger partial charge in [-0.1, -0.05) is 115 Å². The number of benzene rings is 4. The number of carbonyl (C=O) groups excluding carboxylic acids is 4. The number of allylic oxidation sites excluding steroid dienone is 4. The lowest BCUT2D eigenvalue weighted by Gasteiger charge is -2.55. The number of nitrogens with zero attached hydrogens (tertiary/aromatic N) is 2. The van der Waals surface area contributed by atoms with E-state index in [-0.39, 0.29) is 41.6 Å². The number of fused-ring (bicyclic) bond motifs is 4. The number of rotatable bonds is 6. The van der Waals surface area contributed by atoms with Crippen molar-refractivity contribution in [3.8, 4) is 5.75 Å². The van der Waals surface area contributed by atoms with Gasteiger partial charge in [-0.05, 0) is 72.1 Å². The van der Waals surface area contributed by atoms with Crippen molar-refractivity contribution in [1.82, 2.24) is 9.80 Å². The second-order valence-electron chi connectivity index (χ2n) is 15.4. The van der Waals surface area contributed by atoms with Crippen LogP contribution >= 0.6 is 0 Å². The van der Waals surface area contributed by atoms with Crippen LogP contribution in [0.3, 0.4) is 0 Å². The molecule has 266 valence electrons. The van der Waals surface area contributed by atoms with E-state index in [1.54, 1.807) is 23.1 Å². The summed E-state index contributed by atoms with van der Waals surface area (Å²) in [6.45, 7) is 2.43. The molecular weight excluding hydrogens is 661 g/mol. The first-order valence-corrected chi connectivity index (χ1v) is 18.9. The van der Waals surface area contributed by atoms with E-state index in [1.165, 1.54) is 11.6 Å². The van der Waals surface area contributed by atoms with Gasteiger partial charge in [0.25, 0.3) is 0 Å². The van der Waals surface area contributed by atoms with Gasteiger partial charge in [0.15, 0.2) is 11.6 Å². The van der Waals surface area contributed by atoms with Gasteiger partial charge >= 0.3 is 0 Å². The van der Waals surface area contributed by atoms with Crippen LogP contribution in [-0.4, -0.2) is 57.4 Å². The highest BCUT2D eigenvalue weighted by Crippen LogP contribution is 2.64. The summed E-state index contributed by atoms with van der Waals surface area (Å²) in [6, 6.07) is 36.0. The molecule has 1 N–H and O–H groups in total. The topological polar surface area (TPSA) is 95.0 Å². The highest BCUT2D eigenvalue weighted by Gasteiger charge is 2.66. The Morgan fingerprint density at radius 2 is 1.42 bits per heavy atom. The van der Waals surface area contributed by atoms with E-state index in [9.17, 15) is 14.7 Å². The smallest absolute Gasteiger partial charge is 0.233 e. The van der Waals surface area contributed by atoms with Crippen LogP contribution in [-0.2, 0) is 31.1 Å². The van der Waals surface area contributed by atoms with E-state index >= 15 is 9.59 Å². The van der Waals surface area contributed by atoms with Gasteiger partial charge in [0, 0.05) is 43.1 Å². The first-order valence-electron chi connectivity index (χ1n) is 18.9. The molecule has 0 unspecified atom stereocenters. The zero-order chi connectivity index (χ0) is 36.3. The Labute approximate surface area is 309 Å². The number of phenolic OH excluding ortho intramolecular Hbond substituents is 1. The normalized spacial score (nSPS) is 28.9. The summed E-state index contributed by atoms with van der Waals surface area (Å²) in [5, 5.41) is 10.8. The molecular formula is C46H42N2O5. The summed E-state index contributed by atoms with van der Waals surface area (Å²) in [7, 11) is 0. The van der Waals surface area contributed by atoms with Crippen LogP contribution < -0.4 is 0 Å². The summed E-state index contributed by atoms with van der Waals surface area (Å²) in [5.74, 6) is -3.48. The molecule has 2 aliphatic heterocycles.